The Bertz CT molecular complexity index is 953. The molecule has 1 aliphatic heterocycles. The van der Waals surface area contributed by atoms with Gasteiger partial charge in [-0.3, -0.25) is 5.10 Å². The van der Waals surface area contributed by atoms with Crippen LogP contribution in [0, 0.1) is 0 Å². The summed E-state index contributed by atoms with van der Waals surface area (Å²) in [6, 6.07) is 14.9. The zero-order valence-electron chi connectivity index (χ0n) is 16.5. The Labute approximate surface area is 166 Å². The van der Waals surface area contributed by atoms with E-state index < -0.39 is 0 Å². The highest BCUT2D eigenvalue weighted by Gasteiger charge is 2.13. The normalized spacial score (nSPS) is 15.9. The monoisotopic (exact) mass is 373 g/mol. The number of hydrogen-bond acceptors (Lipinski definition) is 3. The summed E-state index contributed by atoms with van der Waals surface area (Å²) >= 11 is 0. The van der Waals surface area contributed by atoms with Crippen molar-refractivity contribution in [3.63, 3.8) is 0 Å². The zero-order valence-corrected chi connectivity index (χ0v) is 16.5. The molecule has 1 N–H and O–H groups in total. The van der Waals surface area contributed by atoms with Gasteiger partial charge in [0.05, 0.1) is 11.4 Å². The van der Waals surface area contributed by atoms with E-state index in [9.17, 15) is 0 Å². The maximum Gasteiger partial charge on any atom is 0.0854 e. The average molecular weight is 374 g/mol. The van der Waals surface area contributed by atoms with Crippen molar-refractivity contribution in [3.05, 3.63) is 71.3 Å². The Morgan fingerprint density at radius 1 is 0.893 bits per heavy atom. The van der Waals surface area contributed by atoms with Gasteiger partial charge in [-0.1, -0.05) is 18.2 Å². The van der Waals surface area contributed by atoms with Gasteiger partial charge in [-0.25, -0.2) is 0 Å². The summed E-state index contributed by atoms with van der Waals surface area (Å²) in [5.41, 5.74) is 5.56. The SMILES string of the molecule is CN1CCN(c2ccc(C=Cc3cc(/C=C/c4cccn4C)[nH]n3)cc2)CC1. The van der Waals surface area contributed by atoms with Crippen molar-refractivity contribution in [1.82, 2.24) is 19.7 Å². The molecule has 1 aromatic carbocycles. The Balaban J connectivity index is 1.37. The molecule has 3 aromatic rings. The van der Waals surface area contributed by atoms with E-state index in [-0.39, 0.29) is 0 Å². The van der Waals surface area contributed by atoms with Crippen LogP contribution in [0.3, 0.4) is 0 Å². The van der Waals surface area contributed by atoms with Crippen molar-refractivity contribution in [2.45, 2.75) is 0 Å². The molecule has 144 valence electrons. The summed E-state index contributed by atoms with van der Waals surface area (Å²) in [7, 11) is 4.22. The molecule has 5 nitrogen and oxygen atoms in total. The van der Waals surface area contributed by atoms with Gasteiger partial charge in [0.15, 0.2) is 0 Å². The first-order valence-corrected chi connectivity index (χ1v) is 9.74. The molecule has 5 heteroatoms. The third-order valence-corrected chi connectivity index (χ3v) is 5.24. The van der Waals surface area contributed by atoms with Gasteiger partial charge in [0.25, 0.3) is 0 Å². The lowest BCUT2D eigenvalue weighted by Crippen LogP contribution is -2.44. The minimum atomic E-state index is 0.926. The molecule has 0 radical (unpaired) electrons. The van der Waals surface area contributed by atoms with E-state index in [1.165, 1.54) is 11.3 Å². The number of hydrogen-bond donors (Lipinski definition) is 1. The predicted molar refractivity (Wildman–Crippen MR) is 118 cm³/mol. The molecular formula is C23H27N5. The van der Waals surface area contributed by atoms with E-state index in [1.54, 1.807) is 0 Å². The van der Waals surface area contributed by atoms with Gasteiger partial charge < -0.3 is 14.4 Å². The summed E-state index contributed by atoms with van der Waals surface area (Å²) in [6.07, 6.45) is 10.3. The van der Waals surface area contributed by atoms with Crippen molar-refractivity contribution in [2.24, 2.45) is 7.05 Å². The van der Waals surface area contributed by atoms with E-state index in [0.29, 0.717) is 0 Å². The van der Waals surface area contributed by atoms with Crippen LogP contribution in [0.15, 0.2) is 48.7 Å². The van der Waals surface area contributed by atoms with E-state index >= 15 is 0 Å². The fourth-order valence-corrected chi connectivity index (χ4v) is 3.39. The molecule has 3 heterocycles. The zero-order chi connectivity index (χ0) is 19.3. The van der Waals surface area contributed by atoms with Crippen LogP contribution in [-0.4, -0.2) is 52.9 Å². The topological polar surface area (TPSA) is 40.1 Å². The molecule has 0 unspecified atom stereocenters. The molecule has 0 amide bonds. The molecule has 1 fully saturated rings. The number of rotatable bonds is 5. The fourth-order valence-electron chi connectivity index (χ4n) is 3.39. The molecule has 2 aromatic heterocycles. The maximum atomic E-state index is 4.37. The Morgan fingerprint density at radius 3 is 2.39 bits per heavy atom. The van der Waals surface area contributed by atoms with E-state index in [4.69, 9.17) is 0 Å². The lowest BCUT2D eigenvalue weighted by Gasteiger charge is -2.34. The Kier molecular flexibility index (Phi) is 5.44. The number of nitrogens with one attached hydrogen (secondary N) is 1. The molecule has 0 atom stereocenters. The lowest BCUT2D eigenvalue weighted by atomic mass is 10.1. The molecule has 1 saturated heterocycles. The number of aromatic nitrogens is 3. The highest BCUT2D eigenvalue weighted by Crippen LogP contribution is 2.18. The number of aryl methyl sites for hydroxylation is 1. The largest absolute Gasteiger partial charge is 0.369 e. The Morgan fingerprint density at radius 2 is 1.68 bits per heavy atom. The second-order valence-electron chi connectivity index (χ2n) is 7.34. The fraction of sp³-hybridized carbons (Fsp3) is 0.261. The number of piperazine rings is 1. The average Bonchev–Trinajstić information content (AvgIpc) is 3.34. The quantitative estimate of drug-likeness (QED) is 0.739. The first kappa shape index (κ1) is 18.3. The van der Waals surface area contributed by atoms with Gasteiger partial charge in [-0.05, 0) is 61.2 Å². The van der Waals surface area contributed by atoms with Gasteiger partial charge in [0.1, 0.15) is 0 Å². The number of likely N-dealkylation sites (N-methyl/N-ethyl adjacent to an activating group) is 1. The number of H-pyrrole nitrogens is 1. The van der Waals surface area contributed by atoms with Crippen LogP contribution in [-0.2, 0) is 7.05 Å². The van der Waals surface area contributed by atoms with Crippen molar-refractivity contribution in [1.29, 1.82) is 0 Å². The van der Waals surface area contributed by atoms with E-state index in [1.807, 2.05) is 31.5 Å². The number of nitrogens with zero attached hydrogens (tertiary/aromatic N) is 4. The minimum Gasteiger partial charge on any atom is -0.369 e. The molecule has 4 rings (SSSR count). The molecule has 0 bridgehead atoms. The standard InChI is InChI=1S/C23H27N5/c1-26-14-16-28(17-15-26)23-10-6-19(7-11-23)5-8-20-18-21(25-24-20)9-12-22-4-3-13-27(22)2/h3-13,18H,14-17H2,1-2H3,(H,24,25)/b8-5?,12-9+. The number of anilines is 1. The van der Waals surface area contributed by atoms with Crippen molar-refractivity contribution < 1.29 is 0 Å². The van der Waals surface area contributed by atoms with Crippen molar-refractivity contribution >= 4 is 30.0 Å². The molecule has 1 aliphatic rings. The van der Waals surface area contributed by atoms with Crippen LogP contribution in [0.4, 0.5) is 5.69 Å². The second-order valence-corrected chi connectivity index (χ2v) is 7.34. The smallest absolute Gasteiger partial charge is 0.0854 e. The van der Waals surface area contributed by atoms with Gasteiger partial charge in [-0.2, -0.15) is 5.10 Å². The maximum absolute atomic E-state index is 4.37. The van der Waals surface area contributed by atoms with E-state index in [0.717, 1.165) is 43.3 Å². The van der Waals surface area contributed by atoms with Crippen LogP contribution in [0.25, 0.3) is 24.3 Å². The van der Waals surface area contributed by atoms with Crippen LogP contribution in [0.1, 0.15) is 22.6 Å². The molecule has 28 heavy (non-hydrogen) atoms. The minimum absolute atomic E-state index is 0.926. The summed E-state index contributed by atoms with van der Waals surface area (Å²) in [4.78, 5) is 4.83. The molecule has 0 spiro atoms. The first-order chi connectivity index (χ1) is 13.7. The summed E-state index contributed by atoms with van der Waals surface area (Å²) in [5, 5.41) is 7.44. The summed E-state index contributed by atoms with van der Waals surface area (Å²) in [5.74, 6) is 0. The number of benzene rings is 1. The highest BCUT2D eigenvalue weighted by atomic mass is 15.2. The van der Waals surface area contributed by atoms with Crippen LogP contribution < -0.4 is 4.90 Å². The van der Waals surface area contributed by atoms with Crippen molar-refractivity contribution in [3.8, 4) is 0 Å². The van der Waals surface area contributed by atoms with Crippen molar-refractivity contribution in [2.75, 3.05) is 38.1 Å². The molecular weight excluding hydrogens is 346 g/mol. The number of aromatic amines is 1. The second kappa shape index (κ2) is 8.31. The van der Waals surface area contributed by atoms with Crippen LogP contribution in [0.2, 0.25) is 0 Å². The van der Waals surface area contributed by atoms with Gasteiger partial charge in [0, 0.05) is 50.8 Å². The molecule has 0 aliphatic carbocycles. The summed E-state index contributed by atoms with van der Waals surface area (Å²) in [6.45, 7) is 4.44. The Hall–Kier alpha value is -3.05. The molecule has 0 saturated carbocycles. The third kappa shape index (κ3) is 4.43. The van der Waals surface area contributed by atoms with E-state index in [2.05, 4.69) is 80.2 Å². The summed E-state index contributed by atoms with van der Waals surface area (Å²) < 4.78 is 2.08. The van der Waals surface area contributed by atoms with Crippen LogP contribution >= 0.6 is 0 Å². The predicted octanol–water partition coefficient (Wildman–Crippen LogP) is 3.84. The van der Waals surface area contributed by atoms with Crippen LogP contribution in [0.5, 0.6) is 0 Å². The third-order valence-electron chi connectivity index (χ3n) is 5.24. The highest BCUT2D eigenvalue weighted by molar-refractivity contribution is 5.72. The first-order valence-electron chi connectivity index (χ1n) is 9.74. The van der Waals surface area contributed by atoms with Gasteiger partial charge >= 0.3 is 0 Å². The van der Waals surface area contributed by atoms with Gasteiger partial charge in [0.2, 0.25) is 0 Å². The van der Waals surface area contributed by atoms with Gasteiger partial charge in [-0.15, -0.1) is 0 Å². The lowest BCUT2D eigenvalue weighted by molar-refractivity contribution is 0.313.